The van der Waals surface area contributed by atoms with Gasteiger partial charge in [0.05, 0.1) is 12.3 Å². The summed E-state index contributed by atoms with van der Waals surface area (Å²) in [7, 11) is 0. The number of hydrogen-bond acceptors (Lipinski definition) is 5. The molecule has 102 valence electrons. The molecule has 0 aliphatic rings. The minimum atomic E-state index is 0.484. The van der Waals surface area contributed by atoms with Gasteiger partial charge in [-0.3, -0.25) is 0 Å². The SMILES string of the molecule is CCOc1cc(CN)ccc1Oc1nc(CC)cs1. The normalized spacial score (nSPS) is 10.5. The summed E-state index contributed by atoms with van der Waals surface area (Å²) in [5, 5.41) is 2.64. The van der Waals surface area contributed by atoms with Crippen LogP contribution < -0.4 is 15.2 Å². The number of ether oxygens (including phenoxy) is 2. The largest absolute Gasteiger partial charge is 0.490 e. The van der Waals surface area contributed by atoms with E-state index in [9.17, 15) is 0 Å². The van der Waals surface area contributed by atoms with Gasteiger partial charge in [0.25, 0.3) is 5.19 Å². The minimum absolute atomic E-state index is 0.484. The Kier molecular flexibility index (Phi) is 4.76. The van der Waals surface area contributed by atoms with Gasteiger partial charge in [-0.1, -0.05) is 24.3 Å². The van der Waals surface area contributed by atoms with Crippen molar-refractivity contribution in [2.75, 3.05) is 6.61 Å². The molecule has 5 heteroatoms. The second kappa shape index (κ2) is 6.54. The lowest BCUT2D eigenvalue weighted by molar-refractivity contribution is 0.320. The number of thiazole rings is 1. The fourth-order valence-electron chi connectivity index (χ4n) is 1.62. The van der Waals surface area contributed by atoms with Crippen LogP contribution in [0.5, 0.6) is 16.7 Å². The van der Waals surface area contributed by atoms with Crippen molar-refractivity contribution in [2.24, 2.45) is 5.73 Å². The second-order valence-electron chi connectivity index (χ2n) is 3.98. The molecule has 4 nitrogen and oxygen atoms in total. The highest BCUT2D eigenvalue weighted by atomic mass is 32.1. The average Bonchev–Trinajstić information content (AvgIpc) is 2.89. The molecule has 0 fully saturated rings. The van der Waals surface area contributed by atoms with E-state index in [0.29, 0.717) is 29.8 Å². The first-order valence-electron chi connectivity index (χ1n) is 6.34. The van der Waals surface area contributed by atoms with Crippen LogP contribution in [0.2, 0.25) is 0 Å². The van der Waals surface area contributed by atoms with Crippen molar-refractivity contribution >= 4 is 11.3 Å². The van der Waals surface area contributed by atoms with E-state index in [1.54, 1.807) is 0 Å². The Labute approximate surface area is 117 Å². The topological polar surface area (TPSA) is 57.4 Å². The van der Waals surface area contributed by atoms with Gasteiger partial charge in [-0.15, -0.1) is 0 Å². The van der Waals surface area contributed by atoms with Crippen LogP contribution in [-0.2, 0) is 13.0 Å². The summed E-state index contributed by atoms with van der Waals surface area (Å²) in [6, 6.07) is 5.72. The maximum Gasteiger partial charge on any atom is 0.279 e. The lowest BCUT2D eigenvalue weighted by atomic mass is 10.2. The number of benzene rings is 1. The molecule has 19 heavy (non-hydrogen) atoms. The lowest BCUT2D eigenvalue weighted by Crippen LogP contribution is -2.00. The fraction of sp³-hybridized carbons (Fsp3) is 0.357. The molecule has 0 radical (unpaired) electrons. The van der Waals surface area contributed by atoms with Crippen LogP contribution >= 0.6 is 11.3 Å². The molecule has 0 saturated heterocycles. The molecule has 2 rings (SSSR count). The van der Waals surface area contributed by atoms with Crippen molar-refractivity contribution in [1.29, 1.82) is 0 Å². The van der Waals surface area contributed by atoms with E-state index in [-0.39, 0.29) is 0 Å². The van der Waals surface area contributed by atoms with Crippen LogP contribution in [0.1, 0.15) is 25.1 Å². The Morgan fingerprint density at radius 1 is 1.26 bits per heavy atom. The molecular weight excluding hydrogens is 260 g/mol. The maximum atomic E-state index is 5.79. The molecule has 0 amide bonds. The molecule has 1 aromatic heterocycles. The van der Waals surface area contributed by atoms with Gasteiger partial charge in [-0.05, 0) is 31.0 Å². The molecule has 1 aromatic carbocycles. The summed E-state index contributed by atoms with van der Waals surface area (Å²) in [6.07, 6.45) is 0.907. The van der Waals surface area contributed by atoms with Crippen LogP contribution in [0.25, 0.3) is 0 Å². The summed E-state index contributed by atoms with van der Waals surface area (Å²) in [4.78, 5) is 4.38. The number of aromatic nitrogens is 1. The molecule has 0 unspecified atom stereocenters. The van der Waals surface area contributed by atoms with E-state index in [4.69, 9.17) is 15.2 Å². The third kappa shape index (κ3) is 3.45. The Hall–Kier alpha value is -1.59. The van der Waals surface area contributed by atoms with E-state index < -0.39 is 0 Å². The van der Waals surface area contributed by atoms with Crippen LogP contribution in [0.15, 0.2) is 23.6 Å². The van der Waals surface area contributed by atoms with E-state index in [2.05, 4.69) is 11.9 Å². The van der Waals surface area contributed by atoms with Gasteiger partial charge in [0.1, 0.15) is 0 Å². The van der Waals surface area contributed by atoms with Gasteiger partial charge < -0.3 is 15.2 Å². The zero-order valence-corrected chi connectivity index (χ0v) is 12.0. The fourth-order valence-corrected chi connectivity index (χ4v) is 2.39. The minimum Gasteiger partial charge on any atom is -0.490 e. The van der Waals surface area contributed by atoms with Gasteiger partial charge in [-0.25, -0.2) is 4.98 Å². The molecule has 0 spiro atoms. The highest BCUT2D eigenvalue weighted by Gasteiger charge is 2.09. The number of rotatable bonds is 6. The zero-order valence-electron chi connectivity index (χ0n) is 11.2. The first kappa shape index (κ1) is 13.8. The Morgan fingerprint density at radius 2 is 2.11 bits per heavy atom. The van der Waals surface area contributed by atoms with Gasteiger partial charge in [0.2, 0.25) is 0 Å². The molecule has 0 atom stereocenters. The number of nitrogens with two attached hydrogens (primary N) is 1. The highest BCUT2D eigenvalue weighted by Crippen LogP contribution is 2.34. The number of nitrogens with zero attached hydrogens (tertiary/aromatic N) is 1. The second-order valence-corrected chi connectivity index (χ2v) is 4.80. The molecule has 0 bridgehead atoms. The summed E-state index contributed by atoms with van der Waals surface area (Å²) >= 11 is 1.49. The van der Waals surface area contributed by atoms with Gasteiger partial charge in [-0.2, -0.15) is 0 Å². The maximum absolute atomic E-state index is 5.79. The Morgan fingerprint density at radius 3 is 2.74 bits per heavy atom. The van der Waals surface area contributed by atoms with Crippen LogP contribution in [0.4, 0.5) is 0 Å². The monoisotopic (exact) mass is 278 g/mol. The Balaban J connectivity index is 2.22. The predicted molar refractivity (Wildman–Crippen MR) is 77.1 cm³/mol. The van der Waals surface area contributed by atoms with Crippen molar-refractivity contribution in [1.82, 2.24) is 4.98 Å². The standard InChI is InChI=1S/C14H18N2O2S/c1-3-11-9-19-14(16-11)18-12-6-5-10(8-15)7-13(12)17-4-2/h5-7,9H,3-4,8,15H2,1-2H3. The summed E-state index contributed by atoms with van der Waals surface area (Å²) in [5.41, 5.74) is 7.69. The predicted octanol–water partition coefficient (Wildman–Crippen LogP) is 3.36. The third-order valence-corrected chi connectivity index (χ3v) is 3.40. The summed E-state index contributed by atoms with van der Waals surface area (Å²) < 4.78 is 11.4. The first-order chi connectivity index (χ1) is 9.26. The van der Waals surface area contributed by atoms with Crippen LogP contribution in [-0.4, -0.2) is 11.6 Å². The zero-order chi connectivity index (χ0) is 13.7. The molecular formula is C14H18N2O2S. The average molecular weight is 278 g/mol. The molecule has 1 heterocycles. The third-order valence-electron chi connectivity index (χ3n) is 2.63. The number of hydrogen-bond donors (Lipinski definition) is 1. The molecule has 0 saturated carbocycles. The van der Waals surface area contributed by atoms with E-state index in [0.717, 1.165) is 17.7 Å². The van der Waals surface area contributed by atoms with Gasteiger partial charge >= 0.3 is 0 Å². The van der Waals surface area contributed by atoms with Crippen molar-refractivity contribution in [3.63, 3.8) is 0 Å². The van der Waals surface area contributed by atoms with E-state index in [1.807, 2.05) is 30.5 Å². The smallest absolute Gasteiger partial charge is 0.279 e. The molecule has 2 aromatic rings. The molecule has 2 N–H and O–H groups in total. The van der Waals surface area contributed by atoms with Crippen molar-refractivity contribution in [2.45, 2.75) is 26.8 Å². The van der Waals surface area contributed by atoms with Crippen LogP contribution in [0.3, 0.4) is 0 Å². The highest BCUT2D eigenvalue weighted by molar-refractivity contribution is 7.11. The van der Waals surface area contributed by atoms with Crippen molar-refractivity contribution in [3.8, 4) is 16.7 Å². The molecule has 0 aliphatic carbocycles. The van der Waals surface area contributed by atoms with Crippen LogP contribution in [0, 0.1) is 0 Å². The van der Waals surface area contributed by atoms with E-state index in [1.165, 1.54) is 11.3 Å². The Bertz CT molecular complexity index is 540. The van der Waals surface area contributed by atoms with Gasteiger partial charge in [0, 0.05) is 11.9 Å². The number of aryl methyl sites for hydroxylation is 1. The lowest BCUT2D eigenvalue weighted by Gasteiger charge is -2.11. The summed E-state index contributed by atoms with van der Waals surface area (Å²) in [6.45, 7) is 5.08. The van der Waals surface area contributed by atoms with Crippen molar-refractivity contribution in [3.05, 3.63) is 34.8 Å². The van der Waals surface area contributed by atoms with Gasteiger partial charge in [0.15, 0.2) is 11.5 Å². The molecule has 0 aliphatic heterocycles. The van der Waals surface area contributed by atoms with E-state index >= 15 is 0 Å². The van der Waals surface area contributed by atoms with Crippen molar-refractivity contribution < 1.29 is 9.47 Å². The quantitative estimate of drug-likeness (QED) is 0.880. The first-order valence-corrected chi connectivity index (χ1v) is 7.22. The summed E-state index contributed by atoms with van der Waals surface area (Å²) in [5.74, 6) is 1.38.